The summed E-state index contributed by atoms with van der Waals surface area (Å²) in [4.78, 5) is 12.4. The van der Waals surface area contributed by atoms with Crippen LogP contribution in [0.15, 0.2) is 18.2 Å². The van der Waals surface area contributed by atoms with E-state index in [1.54, 1.807) is 0 Å². The van der Waals surface area contributed by atoms with Gasteiger partial charge in [0.05, 0.1) is 16.6 Å². The van der Waals surface area contributed by atoms with Gasteiger partial charge in [0.15, 0.2) is 0 Å². The maximum atomic E-state index is 13.4. The molecule has 1 aromatic carbocycles. The van der Waals surface area contributed by atoms with E-state index >= 15 is 0 Å². The molecule has 1 aliphatic rings. The maximum absolute atomic E-state index is 13.4. The predicted octanol–water partition coefficient (Wildman–Crippen LogP) is 1.94. The molecule has 2 unspecified atom stereocenters. The summed E-state index contributed by atoms with van der Waals surface area (Å²) in [5.41, 5.74) is 0.301. The number of halogens is 3. The van der Waals surface area contributed by atoms with Crippen LogP contribution in [0.25, 0.3) is 0 Å². The molecule has 0 bridgehead atoms. The lowest BCUT2D eigenvalue weighted by molar-refractivity contribution is -0.149. The van der Waals surface area contributed by atoms with Gasteiger partial charge in [0, 0.05) is 5.69 Å². The highest BCUT2D eigenvalue weighted by Crippen LogP contribution is 2.38. The lowest BCUT2D eigenvalue weighted by Crippen LogP contribution is -2.37. The molecule has 1 aliphatic heterocycles. The maximum Gasteiger partial charge on any atom is 0.352 e. The molecule has 0 saturated carbocycles. The van der Waals surface area contributed by atoms with E-state index in [9.17, 15) is 18.7 Å². The van der Waals surface area contributed by atoms with Crippen molar-refractivity contribution in [1.29, 1.82) is 5.26 Å². The Labute approximate surface area is 112 Å². The van der Waals surface area contributed by atoms with Crippen LogP contribution in [0.3, 0.4) is 0 Å². The number of hydrogen-bond acceptors (Lipinski definition) is 3. The molecule has 1 amide bonds. The van der Waals surface area contributed by atoms with E-state index in [1.165, 1.54) is 25.1 Å². The van der Waals surface area contributed by atoms with Gasteiger partial charge < -0.3 is 10.0 Å². The fourth-order valence-electron chi connectivity index (χ4n) is 2.01. The number of nitriles is 1. The monoisotopic (exact) mass is 286 g/mol. The van der Waals surface area contributed by atoms with Crippen LogP contribution in [0.1, 0.15) is 12.5 Å². The number of hydrogen-bond donors (Lipinski definition) is 1. The van der Waals surface area contributed by atoms with Crippen molar-refractivity contribution in [2.45, 2.75) is 25.0 Å². The molecule has 1 saturated heterocycles. The number of benzene rings is 1. The Morgan fingerprint density at radius 1 is 1.53 bits per heavy atom. The van der Waals surface area contributed by atoms with Gasteiger partial charge in [-0.1, -0.05) is 11.6 Å². The SMILES string of the molecule is CC1C(O)C(F)(F)C(=O)N1c1ccc(C#N)c(Cl)c1. The van der Waals surface area contributed by atoms with Gasteiger partial charge in [-0.25, -0.2) is 0 Å². The van der Waals surface area contributed by atoms with E-state index in [0.717, 1.165) is 4.90 Å². The van der Waals surface area contributed by atoms with Crippen molar-refractivity contribution in [1.82, 2.24) is 0 Å². The van der Waals surface area contributed by atoms with Gasteiger partial charge in [0.2, 0.25) is 0 Å². The van der Waals surface area contributed by atoms with E-state index in [-0.39, 0.29) is 16.3 Å². The third-order valence-corrected chi connectivity index (χ3v) is 3.40. The van der Waals surface area contributed by atoms with E-state index in [2.05, 4.69) is 0 Å². The zero-order valence-electron chi connectivity index (χ0n) is 9.77. The Kier molecular flexibility index (Phi) is 3.20. The second-order valence-electron chi connectivity index (χ2n) is 4.26. The summed E-state index contributed by atoms with van der Waals surface area (Å²) in [6.45, 7) is 1.32. The van der Waals surface area contributed by atoms with Crippen molar-refractivity contribution in [3.63, 3.8) is 0 Å². The van der Waals surface area contributed by atoms with Gasteiger partial charge >= 0.3 is 11.8 Å². The van der Waals surface area contributed by atoms with Crippen LogP contribution in [0.4, 0.5) is 14.5 Å². The van der Waals surface area contributed by atoms with Crippen molar-refractivity contribution in [2.24, 2.45) is 0 Å². The number of anilines is 1. The molecule has 0 aliphatic carbocycles. The Hall–Kier alpha value is -1.71. The van der Waals surface area contributed by atoms with Gasteiger partial charge in [0.1, 0.15) is 12.2 Å². The quantitative estimate of drug-likeness (QED) is 0.858. The van der Waals surface area contributed by atoms with E-state index in [1.807, 2.05) is 6.07 Å². The van der Waals surface area contributed by atoms with Crippen molar-refractivity contribution in [3.05, 3.63) is 28.8 Å². The molecule has 4 nitrogen and oxygen atoms in total. The molecule has 0 spiro atoms. The minimum absolute atomic E-state index is 0.0599. The van der Waals surface area contributed by atoms with Crippen LogP contribution in [-0.4, -0.2) is 29.1 Å². The number of carbonyl (C=O) groups is 1. The highest BCUT2D eigenvalue weighted by Gasteiger charge is 2.60. The molecule has 1 heterocycles. The number of carbonyl (C=O) groups excluding carboxylic acids is 1. The standard InChI is InChI=1S/C12H9ClF2N2O2/c1-6-10(18)12(14,15)11(19)17(6)8-3-2-7(5-16)9(13)4-8/h2-4,6,10,18H,1H3. The van der Waals surface area contributed by atoms with E-state index in [4.69, 9.17) is 16.9 Å². The van der Waals surface area contributed by atoms with Gasteiger partial charge in [-0.05, 0) is 25.1 Å². The topological polar surface area (TPSA) is 64.3 Å². The third kappa shape index (κ3) is 1.95. The smallest absolute Gasteiger partial charge is 0.352 e. The first-order valence-electron chi connectivity index (χ1n) is 5.40. The number of alkyl halides is 2. The predicted molar refractivity (Wildman–Crippen MR) is 64.1 cm³/mol. The van der Waals surface area contributed by atoms with Crippen molar-refractivity contribution < 1.29 is 18.7 Å². The molecule has 2 atom stereocenters. The summed E-state index contributed by atoms with van der Waals surface area (Å²) in [6, 6.07) is 4.68. The van der Waals surface area contributed by atoms with Gasteiger partial charge in [-0.15, -0.1) is 0 Å². The highest BCUT2D eigenvalue weighted by molar-refractivity contribution is 6.32. The fraction of sp³-hybridized carbons (Fsp3) is 0.333. The summed E-state index contributed by atoms with van der Waals surface area (Å²) in [5.74, 6) is -5.30. The molecule has 2 rings (SSSR count). The molecule has 100 valence electrons. The molecule has 19 heavy (non-hydrogen) atoms. The second kappa shape index (κ2) is 4.44. The number of amides is 1. The molecular formula is C12H9ClF2N2O2. The Morgan fingerprint density at radius 3 is 2.58 bits per heavy atom. The van der Waals surface area contributed by atoms with Crippen LogP contribution in [0, 0.1) is 11.3 Å². The molecule has 1 aromatic rings. The zero-order chi connectivity index (χ0) is 14.4. The minimum atomic E-state index is -3.82. The van der Waals surface area contributed by atoms with E-state index in [0.29, 0.717) is 0 Å². The Balaban J connectivity index is 2.46. The summed E-state index contributed by atoms with van der Waals surface area (Å²) >= 11 is 5.80. The van der Waals surface area contributed by atoms with Gasteiger partial charge in [-0.3, -0.25) is 4.79 Å². The number of aliphatic hydroxyl groups excluding tert-OH is 1. The highest BCUT2D eigenvalue weighted by atomic mass is 35.5. The molecule has 0 radical (unpaired) electrons. The van der Waals surface area contributed by atoms with Crippen LogP contribution in [-0.2, 0) is 4.79 Å². The number of rotatable bonds is 1. The summed E-state index contributed by atoms with van der Waals surface area (Å²) in [5, 5.41) is 18.2. The lowest BCUT2D eigenvalue weighted by Gasteiger charge is -2.22. The molecule has 0 aromatic heterocycles. The largest absolute Gasteiger partial charge is 0.384 e. The summed E-state index contributed by atoms with van der Waals surface area (Å²) in [6.07, 6.45) is -2.07. The van der Waals surface area contributed by atoms with Crippen molar-refractivity contribution in [2.75, 3.05) is 4.90 Å². The molecule has 7 heteroatoms. The van der Waals surface area contributed by atoms with Crippen molar-refractivity contribution in [3.8, 4) is 6.07 Å². The van der Waals surface area contributed by atoms with Crippen LogP contribution in [0.2, 0.25) is 5.02 Å². The first-order valence-corrected chi connectivity index (χ1v) is 5.77. The number of aliphatic hydroxyl groups is 1. The number of nitrogens with zero attached hydrogens (tertiary/aromatic N) is 2. The van der Waals surface area contributed by atoms with Crippen LogP contribution < -0.4 is 4.90 Å². The average Bonchev–Trinajstić information content (AvgIpc) is 2.51. The summed E-state index contributed by atoms with van der Waals surface area (Å²) < 4.78 is 26.9. The first kappa shape index (κ1) is 13.7. The van der Waals surface area contributed by atoms with Gasteiger partial charge in [-0.2, -0.15) is 14.0 Å². The zero-order valence-corrected chi connectivity index (χ0v) is 10.5. The molecule has 1 N–H and O–H groups in total. The minimum Gasteiger partial charge on any atom is -0.384 e. The summed E-state index contributed by atoms with van der Waals surface area (Å²) in [7, 11) is 0. The Morgan fingerprint density at radius 2 is 2.16 bits per heavy atom. The van der Waals surface area contributed by atoms with Crippen LogP contribution in [0.5, 0.6) is 0 Å². The fourth-order valence-corrected chi connectivity index (χ4v) is 2.23. The average molecular weight is 287 g/mol. The van der Waals surface area contributed by atoms with Gasteiger partial charge in [0.25, 0.3) is 0 Å². The van der Waals surface area contributed by atoms with Crippen LogP contribution >= 0.6 is 11.6 Å². The second-order valence-corrected chi connectivity index (χ2v) is 4.67. The normalized spacial score (nSPS) is 25.5. The van der Waals surface area contributed by atoms with Crippen molar-refractivity contribution >= 4 is 23.2 Å². The third-order valence-electron chi connectivity index (χ3n) is 3.09. The first-order chi connectivity index (χ1) is 8.80. The lowest BCUT2D eigenvalue weighted by atomic mass is 10.1. The van der Waals surface area contributed by atoms with E-state index < -0.39 is 24.0 Å². The molecule has 1 fully saturated rings. The Bertz CT molecular complexity index is 586. The molecular weight excluding hydrogens is 278 g/mol.